The van der Waals surface area contributed by atoms with Gasteiger partial charge in [-0.2, -0.15) is 0 Å². The first-order chi connectivity index (χ1) is 19.0. The van der Waals surface area contributed by atoms with Crippen molar-refractivity contribution in [3.63, 3.8) is 0 Å². The lowest BCUT2D eigenvalue weighted by atomic mass is 10.0. The molecule has 212 valence electrons. The summed E-state index contributed by atoms with van der Waals surface area (Å²) in [6.45, 7) is 2.83. The van der Waals surface area contributed by atoms with Crippen LogP contribution in [0.3, 0.4) is 0 Å². The van der Waals surface area contributed by atoms with E-state index in [2.05, 4.69) is 10.8 Å². The number of hydroxylamine groups is 1. The van der Waals surface area contributed by atoms with Gasteiger partial charge >= 0.3 is 5.97 Å². The summed E-state index contributed by atoms with van der Waals surface area (Å²) in [5.41, 5.74) is 5.09. The van der Waals surface area contributed by atoms with Gasteiger partial charge in [-0.25, -0.2) is 10.3 Å². The second kappa shape index (κ2) is 16.7. The van der Waals surface area contributed by atoms with Crippen molar-refractivity contribution in [1.82, 2.24) is 10.4 Å². The molecule has 0 aliphatic heterocycles. The van der Waals surface area contributed by atoms with E-state index >= 15 is 0 Å². The van der Waals surface area contributed by atoms with Crippen LogP contribution in [-0.4, -0.2) is 42.4 Å². The summed E-state index contributed by atoms with van der Waals surface area (Å²) < 4.78 is 5.88. The maximum atomic E-state index is 13.2. The van der Waals surface area contributed by atoms with E-state index in [0.717, 1.165) is 68.2 Å². The number of benzene rings is 2. The third kappa shape index (κ3) is 10.8. The number of unbranched alkanes of at least 4 members (excludes halogenated alkanes) is 3. The second-order valence-corrected chi connectivity index (χ2v) is 10.2. The molecule has 0 spiro atoms. The molecule has 2 amide bonds. The molecule has 0 heterocycles. The van der Waals surface area contributed by atoms with E-state index in [-0.39, 0.29) is 23.9 Å². The summed E-state index contributed by atoms with van der Waals surface area (Å²) >= 11 is 0. The maximum Gasteiger partial charge on any atom is 0.328 e. The molecule has 0 saturated heterocycles. The molecule has 39 heavy (non-hydrogen) atoms. The number of likely N-dealkylation sites (N-methyl/N-ethyl adjacent to an activating group) is 1. The molecule has 1 aliphatic carbocycles. The SMILES string of the molecule is CCONC(=O)CCCCCCC(=O)Nc1ccc(CN(C)[C@H](C(=O)OC2CCCC2)c2ccccc2)cc1. The van der Waals surface area contributed by atoms with Gasteiger partial charge in [0.05, 0.1) is 6.61 Å². The molecule has 1 fully saturated rings. The van der Waals surface area contributed by atoms with Crippen LogP contribution >= 0.6 is 0 Å². The number of nitrogens with one attached hydrogen (secondary N) is 2. The monoisotopic (exact) mass is 537 g/mol. The molecule has 3 rings (SSSR count). The highest BCUT2D eigenvalue weighted by atomic mass is 16.6. The summed E-state index contributed by atoms with van der Waals surface area (Å²) in [6.07, 6.45) is 8.35. The van der Waals surface area contributed by atoms with Crippen molar-refractivity contribution in [3.8, 4) is 0 Å². The highest BCUT2D eigenvalue weighted by Crippen LogP contribution is 2.27. The van der Waals surface area contributed by atoms with Gasteiger partial charge in [-0.15, -0.1) is 0 Å². The topological polar surface area (TPSA) is 97.0 Å². The quantitative estimate of drug-likeness (QED) is 0.162. The van der Waals surface area contributed by atoms with Crippen molar-refractivity contribution in [2.24, 2.45) is 0 Å². The lowest BCUT2D eigenvalue weighted by Gasteiger charge is -2.28. The first-order valence-electron chi connectivity index (χ1n) is 14.2. The van der Waals surface area contributed by atoms with E-state index in [1.807, 2.05) is 73.5 Å². The number of hydrogen-bond acceptors (Lipinski definition) is 6. The number of hydrogen-bond donors (Lipinski definition) is 2. The van der Waals surface area contributed by atoms with E-state index in [1.54, 1.807) is 0 Å². The number of amides is 2. The largest absolute Gasteiger partial charge is 0.461 e. The summed E-state index contributed by atoms with van der Waals surface area (Å²) in [6, 6.07) is 17.0. The van der Waals surface area contributed by atoms with Crippen LogP contribution in [0.15, 0.2) is 54.6 Å². The molecule has 0 unspecified atom stereocenters. The Morgan fingerprint density at radius 1 is 0.897 bits per heavy atom. The Hall–Kier alpha value is -3.23. The molecule has 8 nitrogen and oxygen atoms in total. The first-order valence-corrected chi connectivity index (χ1v) is 14.2. The predicted octanol–water partition coefficient (Wildman–Crippen LogP) is 5.69. The Morgan fingerprint density at radius 2 is 1.54 bits per heavy atom. The molecular weight excluding hydrogens is 494 g/mol. The Morgan fingerprint density at radius 3 is 2.18 bits per heavy atom. The third-order valence-corrected chi connectivity index (χ3v) is 6.92. The van der Waals surface area contributed by atoms with Gasteiger partial charge in [0, 0.05) is 25.1 Å². The van der Waals surface area contributed by atoms with E-state index in [9.17, 15) is 14.4 Å². The fraction of sp³-hybridized carbons (Fsp3) is 0.516. The van der Waals surface area contributed by atoms with Crippen LogP contribution in [-0.2, 0) is 30.5 Å². The summed E-state index contributed by atoms with van der Waals surface area (Å²) in [4.78, 5) is 43.9. The molecule has 2 aromatic rings. The average molecular weight is 538 g/mol. The molecule has 0 radical (unpaired) electrons. The molecule has 2 aromatic carbocycles. The van der Waals surface area contributed by atoms with Crippen molar-refractivity contribution < 1.29 is 24.0 Å². The smallest absolute Gasteiger partial charge is 0.328 e. The number of esters is 1. The molecular formula is C31H43N3O5. The van der Waals surface area contributed by atoms with Gasteiger partial charge in [-0.05, 0) is 75.8 Å². The zero-order chi connectivity index (χ0) is 27.9. The van der Waals surface area contributed by atoms with Gasteiger partial charge in [0.1, 0.15) is 12.1 Å². The molecule has 1 atom stereocenters. The number of nitrogens with zero attached hydrogens (tertiary/aromatic N) is 1. The lowest BCUT2D eigenvalue weighted by Crippen LogP contribution is -2.33. The first kappa shape index (κ1) is 30.3. The van der Waals surface area contributed by atoms with E-state index < -0.39 is 6.04 Å². The van der Waals surface area contributed by atoms with E-state index in [0.29, 0.717) is 26.0 Å². The number of anilines is 1. The van der Waals surface area contributed by atoms with Crippen LogP contribution in [0.5, 0.6) is 0 Å². The van der Waals surface area contributed by atoms with Crippen molar-refractivity contribution in [3.05, 3.63) is 65.7 Å². The van der Waals surface area contributed by atoms with Gasteiger partial charge in [0.25, 0.3) is 0 Å². The van der Waals surface area contributed by atoms with Crippen LogP contribution in [0.25, 0.3) is 0 Å². The van der Waals surface area contributed by atoms with Crippen LogP contribution in [0.2, 0.25) is 0 Å². The number of carbonyl (C=O) groups excluding carboxylic acids is 3. The van der Waals surface area contributed by atoms with Crippen LogP contribution in [0.4, 0.5) is 5.69 Å². The lowest BCUT2D eigenvalue weighted by molar-refractivity contribution is -0.155. The van der Waals surface area contributed by atoms with Crippen molar-refractivity contribution in [2.45, 2.75) is 89.8 Å². The Labute approximate surface area is 232 Å². The number of carbonyl (C=O) groups is 3. The molecule has 1 aliphatic rings. The Kier molecular flexibility index (Phi) is 13.0. The normalized spacial score (nSPS) is 14.2. The Bertz CT molecular complexity index is 1020. The van der Waals surface area contributed by atoms with E-state index in [1.165, 1.54) is 0 Å². The zero-order valence-electron chi connectivity index (χ0n) is 23.3. The Balaban J connectivity index is 1.44. The second-order valence-electron chi connectivity index (χ2n) is 10.2. The minimum atomic E-state index is -0.481. The minimum Gasteiger partial charge on any atom is -0.461 e. The average Bonchev–Trinajstić information content (AvgIpc) is 3.44. The van der Waals surface area contributed by atoms with Crippen molar-refractivity contribution in [2.75, 3.05) is 19.0 Å². The van der Waals surface area contributed by atoms with Gasteiger partial charge in [0.2, 0.25) is 11.8 Å². The van der Waals surface area contributed by atoms with Gasteiger partial charge in [-0.1, -0.05) is 55.3 Å². The highest BCUT2D eigenvalue weighted by Gasteiger charge is 2.30. The summed E-state index contributed by atoms with van der Waals surface area (Å²) in [5, 5.41) is 2.95. The van der Waals surface area contributed by atoms with Crippen molar-refractivity contribution >= 4 is 23.5 Å². The fourth-order valence-electron chi connectivity index (χ4n) is 4.87. The predicted molar refractivity (Wildman–Crippen MR) is 152 cm³/mol. The highest BCUT2D eigenvalue weighted by molar-refractivity contribution is 5.90. The molecule has 2 N–H and O–H groups in total. The van der Waals surface area contributed by atoms with Gasteiger partial charge < -0.3 is 10.1 Å². The standard InChI is InChI=1S/C31H43N3O5/c1-3-38-33-29(36)18-10-5-4-9-17-28(35)32-26-21-19-24(20-22-26)23-34(2)30(25-13-7-6-8-14-25)31(37)39-27-15-11-12-16-27/h6-8,13-14,19-22,27,30H,3-5,9-12,15-18,23H2,1-2H3,(H,32,35)(H,33,36)/t30-/m0/s1. The van der Waals surface area contributed by atoms with Crippen LogP contribution in [0, 0.1) is 0 Å². The van der Waals surface area contributed by atoms with Crippen molar-refractivity contribution in [1.29, 1.82) is 0 Å². The van der Waals surface area contributed by atoms with E-state index in [4.69, 9.17) is 9.57 Å². The number of rotatable bonds is 16. The van der Waals surface area contributed by atoms with Gasteiger partial charge in [-0.3, -0.25) is 19.3 Å². The number of ether oxygens (including phenoxy) is 1. The van der Waals surface area contributed by atoms with Crippen LogP contribution < -0.4 is 10.8 Å². The van der Waals surface area contributed by atoms with Gasteiger partial charge in [0.15, 0.2) is 0 Å². The maximum absolute atomic E-state index is 13.2. The minimum absolute atomic E-state index is 0.0205. The summed E-state index contributed by atoms with van der Waals surface area (Å²) in [5.74, 6) is -0.329. The molecule has 8 heteroatoms. The third-order valence-electron chi connectivity index (χ3n) is 6.92. The fourth-order valence-corrected chi connectivity index (χ4v) is 4.87. The zero-order valence-corrected chi connectivity index (χ0v) is 23.3. The molecule has 1 saturated carbocycles. The summed E-state index contributed by atoms with van der Waals surface area (Å²) in [7, 11) is 1.94. The molecule has 0 aromatic heterocycles. The van der Waals surface area contributed by atoms with Crippen LogP contribution in [0.1, 0.15) is 88.3 Å². The molecule has 0 bridgehead atoms.